The predicted molar refractivity (Wildman–Crippen MR) is 110 cm³/mol. The number of nitro benzene ring substituents is 1. The third-order valence-corrected chi connectivity index (χ3v) is 4.47. The van der Waals surface area contributed by atoms with E-state index in [2.05, 4.69) is 4.98 Å². The molecule has 156 valence electrons. The molecule has 29 heavy (non-hydrogen) atoms. The Balaban J connectivity index is 2.42. The van der Waals surface area contributed by atoms with E-state index in [0.29, 0.717) is 24.9 Å². The molecular weight excluding hydrogens is 378 g/mol. The Kier molecular flexibility index (Phi) is 7.29. The number of nitrogens with one attached hydrogen (secondary N) is 1. The topological polar surface area (TPSA) is 144 Å². The van der Waals surface area contributed by atoms with E-state index in [-0.39, 0.29) is 36.1 Å². The van der Waals surface area contributed by atoms with Gasteiger partial charge in [0.25, 0.3) is 11.2 Å². The average Bonchev–Trinajstić information content (AvgIpc) is 2.67. The highest BCUT2D eigenvalue weighted by Crippen LogP contribution is 2.20. The molecule has 10 nitrogen and oxygen atoms in total. The number of aromatic amines is 1. The summed E-state index contributed by atoms with van der Waals surface area (Å²) in [6.07, 6.45) is 1.99. The summed E-state index contributed by atoms with van der Waals surface area (Å²) in [7, 11) is 0. The normalized spacial score (nSPS) is 10.7. The number of non-ortho nitro benzene ring substituents is 1. The number of hydrogen-bond donors (Lipinski definition) is 2. The van der Waals surface area contributed by atoms with Gasteiger partial charge in [-0.2, -0.15) is 0 Å². The van der Waals surface area contributed by atoms with E-state index in [0.717, 1.165) is 6.42 Å². The van der Waals surface area contributed by atoms with E-state index in [1.165, 1.54) is 33.7 Å². The number of H-pyrrole nitrogens is 1. The first kappa shape index (κ1) is 21.9. The van der Waals surface area contributed by atoms with Crippen molar-refractivity contribution < 1.29 is 9.72 Å². The summed E-state index contributed by atoms with van der Waals surface area (Å²) in [4.78, 5) is 51.3. The van der Waals surface area contributed by atoms with Crippen LogP contribution < -0.4 is 21.9 Å². The maximum absolute atomic E-state index is 13.0. The number of carbonyl (C=O) groups is 1. The number of unbranched alkanes of at least 4 members (excludes halogenated alkanes) is 1. The molecule has 1 heterocycles. The molecule has 0 radical (unpaired) electrons. The number of benzene rings is 1. The van der Waals surface area contributed by atoms with Crippen LogP contribution in [0.1, 0.15) is 38.7 Å². The molecule has 0 fully saturated rings. The molecule has 0 aliphatic carbocycles. The second-order valence-electron chi connectivity index (χ2n) is 6.64. The fourth-order valence-electron chi connectivity index (χ4n) is 2.97. The number of carbonyl (C=O) groups excluding carboxylic acids is 1. The van der Waals surface area contributed by atoms with Crippen molar-refractivity contribution >= 4 is 23.1 Å². The van der Waals surface area contributed by atoms with Gasteiger partial charge >= 0.3 is 5.69 Å². The molecule has 1 aromatic heterocycles. The summed E-state index contributed by atoms with van der Waals surface area (Å²) in [5, 5.41) is 10.8. The van der Waals surface area contributed by atoms with Crippen LogP contribution in [0, 0.1) is 10.1 Å². The summed E-state index contributed by atoms with van der Waals surface area (Å²) < 4.78 is 1.24. The SMILES string of the molecule is CCCCN(C(=O)Cc1ccc([N+](=O)[O-])cc1)c1c(N)n(CCC)c(=O)[nH]c1=O. The van der Waals surface area contributed by atoms with Crippen molar-refractivity contribution in [3.63, 3.8) is 0 Å². The maximum atomic E-state index is 13.0. The van der Waals surface area contributed by atoms with Gasteiger partial charge in [0, 0.05) is 25.2 Å². The molecule has 10 heteroatoms. The van der Waals surface area contributed by atoms with Gasteiger partial charge in [-0.3, -0.25) is 29.3 Å². The molecule has 0 saturated carbocycles. The number of nitrogens with zero attached hydrogens (tertiary/aromatic N) is 3. The Morgan fingerprint density at radius 3 is 2.41 bits per heavy atom. The van der Waals surface area contributed by atoms with Crippen LogP contribution in [-0.4, -0.2) is 26.9 Å². The minimum atomic E-state index is -0.715. The fourth-order valence-corrected chi connectivity index (χ4v) is 2.97. The van der Waals surface area contributed by atoms with Gasteiger partial charge in [-0.1, -0.05) is 32.4 Å². The second-order valence-corrected chi connectivity index (χ2v) is 6.64. The van der Waals surface area contributed by atoms with Gasteiger partial charge in [0.1, 0.15) is 5.82 Å². The van der Waals surface area contributed by atoms with Gasteiger partial charge in [-0.25, -0.2) is 4.79 Å². The Labute approximate surface area is 167 Å². The predicted octanol–water partition coefficient (Wildman–Crippen LogP) is 1.81. The van der Waals surface area contributed by atoms with Gasteiger partial charge in [0.15, 0.2) is 5.69 Å². The third kappa shape index (κ3) is 5.09. The lowest BCUT2D eigenvalue weighted by atomic mass is 10.1. The first-order valence-electron chi connectivity index (χ1n) is 9.46. The van der Waals surface area contributed by atoms with Crippen LogP contribution in [0.5, 0.6) is 0 Å². The molecule has 0 bridgehead atoms. The summed E-state index contributed by atoms with van der Waals surface area (Å²) in [5.41, 5.74) is 5.23. The largest absolute Gasteiger partial charge is 0.383 e. The Morgan fingerprint density at radius 1 is 1.21 bits per heavy atom. The van der Waals surface area contributed by atoms with Gasteiger partial charge in [0.05, 0.1) is 11.3 Å². The number of nitro groups is 1. The molecule has 0 aliphatic heterocycles. The van der Waals surface area contributed by atoms with Crippen molar-refractivity contribution in [3.05, 3.63) is 60.8 Å². The van der Waals surface area contributed by atoms with E-state index in [1.807, 2.05) is 13.8 Å². The maximum Gasteiger partial charge on any atom is 0.330 e. The van der Waals surface area contributed by atoms with Crippen molar-refractivity contribution in [1.82, 2.24) is 9.55 Å². The highest BCUT2D eigenvalue weighted by molar-refractivity contribution is 5.96. The lowest BCUT2D eigenvalue weighted by molar-refractivity contribution is -0.384. The van der Waals surface area contributed by atoms with E-state index in [1.54, 1.807) is 0 Å². The Bertz CT molecular complexity index is 994. The highest BCUT2D eigenvalue weighted by Gasteiger charge is 2.24. The zero-order valence-corrected chi connectivity index (χ0v) is 16.5. The van der Waals surface area contributed by atoms with Crippen LogP contribution in [0.25, 0.3) is 0 Å². The molecule has 0 spiro atoms. The van der Waals surface area contributed by atoms with Crippen LogP contribution in [0.2, 0.25) is 0 Å². The number of nitrogens with two attached hydrogens (primary N) is 1. The van der Waals surface area contributed by atoms with Crippen molar-refractivity contribution in [3.8, 4) is 0 Å². The zero-order valence-electron chi connectivity index (χ0n) is 16.5. The first-order chi connectivity index (χ1) is 13.8. The van der Waals surface area contributed by atoms with E-state index in [4.69, 9.17) is 5.73 Å². The summed E-state index contributed by atoms with van der Waals surface area (Å²) >= 11 is 0. The van der Waals surface area contributed by atoms with Crippen molar-refractivity contribution in [2.24, 2.45) is 0 Å². The van der Waals surface area contributed by atoms with Crippen LogP contribution in [0.3, 0.4) is 0 Å². The van der Waals surface area contributed by atoms with Gasteiger partial charge in [0.2, 0.25) is 5.91 Å². The Morgan fingerprint density at radius 2 is 1.86 bits per heavy atom. The highest BCUT2D eigenvalue weighted by atomic mass is 16.6. The van der Waals surface area contributed by atoms with E-state index < -0.39 is 16.2 Å². The molecule has 1 aromatic carbocycles. The molecule has 0 saturated heterocycles. The van der Waals surface area contributed by atoms with Gasteiger partial charge in [-0.05, 0) is 18.4 Å². The zero-order chi connectivity index (χ0) is 21.6. The van der Waals surface area contributed by atoms with Crippen LogP contribution in [-0.2, 0) is 17.8 Å². The molecular formula is C19H25N5O5. The summed E-state index contributed by atoms with van der Waals surface area (Å²) in [5.74, 6) is -0.431. The second kappa shape index (κ2) is 9.67. The van der Waals surface area contributed by atoms with Crippen molar-refractivity contribution in [1.29, 1.82) is 0 Å². The summed E-state index contributed by atoms with van der Waals surface area (Å²) in [6, 6.07) is 5.64. The number of aromatic nitrogens is 2. The minimum absolute atomic E-state index is 0.0431. The lowest BCUT2D eigenvalue weighted by Gasteiger charge is -2.24. The van der Waals surface area contributed by atoms with Crippen LogP contribution in [0.4, 0.5) is 17.2 Å². The first-order valence-corrected chi connectivity index (χ1v) is 9.46. The Hall–Kier alpha value is -3.43. The summed E-state index contributed by atoms with van der Waals surface area (Å²) in [6.45, 7) is 4.39. The average molecular weight is 403 g/mol. The smallest absolute Gasteiger partial charge is 0.330 e. The number of hydrogen-bond acceptors (Lipinski definition) is 6. The van der Waals surface area contributed by atoms with Crippen molar-refractivity contribution in [2.75, 3.05) is 17.2 Å². The number of anilines is 2. The van der Waals surface area contributed by atoms with Crippen LogP contribution >= 0.6 is 0 Å². The quantitative estimate of drug-likeness (QED) is 0.482. The molecule has 1 amide bonds. The fraction of sp³-hybridized carbons (Fsp3) is 0.421. The molecule has 2 aromatic rings. The number of amides is 1. The van der Waals surface area contributed by atoms with Gasteiger partial charge in [-0.15, -0.1) is 0 Å². The molecule has 0 atom stereocenters. The molecule has 2 rings (SSSR count). The van der Waals surface area contributed by atoms with E-state index in [9.17, 15) is 24.5 Å². The van der Waals surface area contributed by atoms with Crippen LogP contribution in [0.15, 0.2) is 33.9 Å². The number of rotatable bonds is 9. The van der Waals surface area contributed by atoms with E-state index >= 15 is 0 Å². The monoisotopic (exact) mass is 403 g/mol. The van der Waals surface area contributed by atoms with Crippen molar-refractivity contribution in [2.45, 2.75) is 46.1 Å². The standard InChI is InChI=1S/C19H25N5O5/c1-3-5-11-22(15(25)12-13-6-8-14(9-7-13)24(28)29)16-17(20)23(10-4-2)19(27)21-18(16)26/h6-9H,3-5,10-12,20H2,1-2H3,(H,21,26,27). The third-order valence-electron chi connectivity index (χ3n) is 4.47. The lowest BCUT2D eigenvalue weighted by Crippen LogP contribution is -2.42. The van der Waals surface area contributed by atoms with Gasteiger partial charge < -0.3 is 10.6 Å². The molecule has 3 N–H and O–H groups in total. The molecule has 0 aliphatic rings. The molecule has 0 unspecified atom stereocenters. The number of nitrogen functional groups attached to an aromatic ring is 1. The minimum Gasteiger partial charge on any atom is -0.383 e.